The summed E-state index contributed by atoms with van der Waals surface area (Å²) in [6.07, 6.45) is 1.54. The van der Waals surface area contributed by atoms with Gasteiger partial charge in [-0.15, -0.1) is 0 Å². The van der Waals surface area contributed by atoms with Crippen molar-refractivity contribution in [2.45, 2.75) is 46.7 Å². The highest BCUT2D eigenvalue weighted by Gasteiger charge is 2.29. The molecule has 1 aliphatic rings. The molecule has 2 aromatic carbocycles. The van der Waals surface area contributed by atoms with Gasteiger partial charge < -0.3 is 9.47 Å². The SMILES string of the molecule is Cc1ccc(N2C[C@@H](C)Cn3c2nc2c3c(=O)n(CCCc3ccccc3)c(=O)n2C)cc1C. The minimum atomic E-state index is -0.313. The second-order valence-electron chi connectivity index (χ2n) is 9.57. The van der Waals surface area contributed by atoms with Gasteiger partial charge in [0, 0.05) is 32.4 Å². The summed E-state index contributed by atoms with van der Waals surface area (Å²) in [6.45, 7) is 8.28. The van der Waals surface area contributed by atoms with Gasteiger partial charge in [0.1, 0.15) is 0 Å². The van der Waals surface area contributed by atoms with Crippen LogP contribution in [-0.4, -0.2) is 25.2 Å². The van der Waals surface area contributed by atoms with Crippen LogP contribution in [-0.2, 0) is 26.6 Å². The first-order valence-corrected chi connectivity index (χ1v) is 11.9. The fourth-order valence-corrected chi connectivity index (χ4v) is 4.90. The lowest BCUT2D eigenvalue weighted by atomic mass is 10.1. The number of anilines is 2. The van der Waals surface area contributed by atoms with E-state index in [2.05, 4.69) is 56.0 Å². The molecular weight excluding hydrogens is 426 g/mol. The van der Waals surface area contributed by atoms with Crippen LogP contribution in [0.15, 0.2) is 58.1 Å². The second-order valence-corrected chi connectivity index (χ2v) is 9.57. The van der Waals surface area contributed by atoms with Gasteiger partial charge in [-0.3, -0.25) is 13.9 Å². The van der Waals surface area contributed by atoms with E-state index in [-0.39, 0.29) is 11.2 Å². The van der Waals surface area contributed by atoms with Gasteiger partial charge in [-0.25, -0.2) is 4.79 Å². The second kappa shape index (κ2) is 8.63. The van der Waals surface area contributed by atoms with Crippen molar-refractivity contribution in [1.82, 2.24) is 18.7 Å². The zero-order valence-electron chi connectivity index (χ0n) is 20.3. The third-order valence-electron chi connectivity index (χ3n) is 6.93. The molecule has 0 bridgehead atoms. The fraction of sp³-hybridized carbons (Fsp3) is 0.370. The molecule has 4 aromatic rings. The standard InChI is InChI=1S/C27H31N5O2/c1-18-16-31(22-13-12-19(2)20(3)15-22)26-28-24-23(32(26)17-18)25(33)30(27(34)29(24)4)14-8-11-21-9-6-5-7-10-21/h5-7,9-10,12-13,15,18H,8,11,14,16-17H2,1-4H3/t18-/m1/s1. The van der Waals surface area contributed by atoms with E-state index in [1.807, 2.05) is 22.8 Å². The molecule has 34 heavy (non-hydrogen) atoms. The number of imidazole rings is 1. The molecule has 7 nitrogen and oxygen atoms in total. The summed E-state index contributed by atoms with van der Waals surface area (Å²) in [4.78, 5) is 33.7. The lowest BCUT2D eigenvalue weighted by Gasteiger charge is -2.33. The smallest absolute Gasteiger partial charge is 0.312 e. The number of hydrogen-bond donors (Lipinski definition) is 0. The Morgan fingerprint density at radius 1 is 1.00 bits per heavy atom. The van der Waals surface area contributed by atoms with Crippen molar-refractivity contribution >= 4 is 22.8 Å². The van der Waals surface area contributed by atoms with E-state index in [9.17, 15) is 9.59 Å². The Morgan fingerprint density at radius 3 is 2.50 bits per heavy atom. The highest BCUT2D eigenvalue weighted by molar-refractivity contribution is 5.77. The van der Waals surface area contributed by atoms with Crippen molar-refractivity contribution in [1.29, 1.82) is 0 Å². The predicted molar refractivity (Wildman–Crippen MR) is 136 cm³/mol. The van der Waals surface area contributed by atoms with Crippen LogP contribution < -0.4 is 16.1 Å². The number of benzene rings is 2. The van der Waals surface area contributed by atoms with Crippen molar-refractivity contribution in [2.75, 3.05) is 11.4 Å². The van der Waals surface area contributed by atoms with E-state index in [0.29, 0.717) is 30.2 Å². The molecule has 0 N–H and O–H groups in total. The first kappa shape index (κ1) is 22.2. The average Bonchev–Trinajstić information content (AvgIpc) is 3.21. The van der Waals surface area contributed by atoms with Crippen molar-refractivity contribution in [3.63, 3.8) is 0 Å². The molecule has 176 valence electrons. The summed E-state index contributed by atoms with van der Waals surface area (Å²) in [5.74, 6) is 1.06. The van der Waals surface area contributed by atoms with E-state index in [0.717, 1.165) is 31.0 Å². The van der Waals surface area contributed by atoms with Crippen LogP contribution in [0.1, 0.15) is 30.0 Å². The molecule has 0 amide bonds. The zero-order valence-corrected chi connectivity index (χ0v) is 20.3. The summed E-state index contributed by atoms with van der Waals surface area (Å²) >= 11 is 0. The van der Waals surface area contributed by atoms with Crippen molar-refractivity contribution in [2.24, 2.45) is 13.0 Å². The molecule has 1 atom stereocenters. The molecule has 0 unspecified atom stereocenters. The van der Waals surface area contributed by atoms with Crippen LogP contribution in [0.3, 0.4) is 0 Å². The van der Waals surface area contributed by atoms with E-state index in [1.54, 1.807) is 7.05 Å². The van der Waals surface area contributed by atoms with Crippen LogP contribution in [0.2, 0.25) is 0 Å². The fourth-order valence-electron chi connectivity index (χ4n) is 4.90. The van der Waals surface area contributed by atoms with Gasteiger partial charge in [-0.2, -0.15) is 4.98 Å². The average molecular weight is 458 g/mol. The normalized spacial score (nSPS) is 15.6. The Kier molecular flexibility index (Phi) is 5.63. The van der Waals surface area contributed by atoms with E-state index < -0.39 is 0 Å². The number of hydrogen-bond acceptors (Lipinski definition) is 4. The molecule has 7 heteroatoms. The zero-order chi connectivity index (χ0) is 24.0. The Hall–Kier alpha value is -3.61. The van der Waals surface area contributed by atoms with Crippen molar-refractivity contribution in [3.05, 3.63) is 86.1 Å². The number of rotatable bonds is 5. The Labute approximate surface area is 198 Å². The Morgan fingerprint density at radius 2 is 1.76 bits per heavy atom. The van der Waals surface area contributed by atoms with Crippen molar-refractivity contribution in [3.8, 4) is 0 Å². The maximum Gasteiger partial charge on any atom is 0.332 e. The maximum absolute atomic E-state index is 13.6. The number of nitrogens with zero attached hydrogens (tertiary/aromatic N) is 5. The van der Waals surface area contributed by atoms with Gasteiger partial charge in [0.15, 0.2) is 11.2 Å². The lowest BCUT2D eigenvalue weighted by molar-refractivity contribution is 0.457. The molecule has 2 aromatic heterocycles. The van der Waals surface area contributed by atoms with Gasteiger partial charge in [-0.05, 0) is 61.4 Å². The molecule has 0 fully saturated rings. The highest BCUT2D eigenvalue weighted by atomic mass is 16.2. The molecule has 3 heterocycles. The van der Waals surface area contributed by atoms with Crippen LogP contribution >= 0.6 is 0 Å². The van der Waals surface area contributed by atoms with Gasteiger partial charge in [0.25, 0.3) is 5.56 Å². The van der Waals surface area contributed by atoms with Crippen molar-refractivity contribution < 1.29 is 0 Å². The van der Waals surface area contributed by atoms with Gasteiger partial charge in [-0.1, -0.05) is 43.3 Å². The first-order valence-electron chi connectivity index (χ1n) is 11.9. The number of aryl methyl sites for hydroxylation is 4. The van der Waals surface area contributed by atoms with Gasteiger partial charge in [0.2, 0.25) is 5.95 Å². The number of aromatic nitrogens is 4. The molecule has 0 saturated carbocycles. The maximum atomic E-state index is 13.6. The van der Waals surface area contributed by atoms with Crippen LogP contribution in [0.25, 0.3) is 11.2 Å². The molecule has 1 aliphatic heterocycles. The third-order valence-corrected chi connectivity index (χ3v) is 6.93. The highest BCUT2D eigenvalue weighted by Crippen LogP contribution is 2.33. The molecule has 5 rings (SSSR count). The minimum absolute atomic E-state index is 0.251. The minimum Gasteiger partial charge on any atom is -0.312 e. The molecule has 0 radical (unpaired) electrons. The molecule has 0 spiro atoms. The predicted octanol–water partition coefficient (Wildman–Crippen LogP) is 3.93. The first-order chi connectivity index (χ1) is 16.3. The summed E-state index contributed by atoms with van der Waals surface area (Å²) in [5.41, 5.74) is 5.11. The van der Waals surface area contributed by atoms with Gasteiger partial charge >= 0.3 is 5.69 Å². The molecule has 0 saturated heterocycles. The van der Waals surface area contributed by atoms with Crippen LogP contribution in [0.5, 0.6) is 0 Å². The topological polar surface area (TPSA) is 65.1 Å². The van der Waals surface area contributed by atoms with Crippen LogP contribution in [0, 0.1) is 19.8 Å². The molecular formula is C27H31N5O2. The van der Waals surface area contributed by atoms with E-state index in [4.69, 9.17) is 4.98 Å². The van der Waals surface area contributed by atoms with E-state index in [1.165, 1.54) is 25.8 Å². The Bertz CT molecular complexity index is 1480. The monoisotopic (exact) mass is 457 g/mol. The summed E-state index contributed by atoms with van der Waals surface area (Å²) < 4.78 is 4.90. The molecule has 0 aliphatic carbocycles. The largest absolute Gasteiger partial charge is 0.332 e. The van der Waals surface area contributed by atoms with Gasteiger partial charge in [0.05, 0.1) is 0 Å². The quantitative estimate of drug-likeness (QED) is 0.455. The summed E-state index contributed by atoms with van der Waals surface area (Å²) in [7, 11) is 1.71. The summed E-state index contributed by atoms with van der Waals surface area (Å²) in [6, 6.07) is 16.5. The third kappa shape index (κ3) is 3.75. The summed E-state index contributed by atoms with van der Waals surface area (Å²) in [5, 5.41) is 0. The lowest BCUT2D eigenvalue weighted by Crippen LogP contribution is -2.40. The Balaban J connectivity index is 1.58. The number of fused-ring (bicyclic) bond motifs is 3. The van der Waals surface area contributed by atoms with Crippen LogP contribution in [0.4, 0.5) is 11.6 Å². The van der Waals surface area contributed by atoms with E-state index >= 15 is 0 Å².